The molecule has 0 spiro atoms. The number of hydrogen-bond acceptors (Lipinski definition) is 6. The fourth-order valence-electron chi connectivity index (χ4n) is 2.15. The number of aromatic nitrogens is 1. The maximum atomic E-state index is 12.2. The van der Waals surface area contributed by atoms with E-state index in [0.717, 1.165) is 0 Å². The summed E-state index contributed by atoms with van der Waals surface area (Å²) in [6, 6.07) is 5.23. The monoisotopic (exact) mass is 375 g/mol. The summed E-state index contributed by atoms with van der Waals surface area (Å²) in [7, 11) is 0. The number of carbonyl (C=O) groups excluding carboxylic acids is 1. The first-order chi connectivity index (χ1) is 10.7. The highest BCUT2D eigenvalue weighted by atomic mass is 35.5. The number of hydrogen-bond donors (Lipinski definition) is 2. The van der Waals surface area contributed by atoms with Crippen molar-refractivity contribution in [2.24, 2.45) is 5.73 Å². The smallest absolute Gasteiger partial charge is 0.274 e. The molecule has 0 aliphatic carbocycles. The van der Waals surface area contributed by atoms with Crippen LogP contribution in [0.15, 0.2) is 29.0 Å². The predicted molar refractivity (Wildman–Crippen MR) is 93.4 cm³/mol. The molecule has 0 unspecified atom stereocenters. The van der Waals surface area contributed by atoms with Gasteiger partial charge in [0, 0.05) is 18.2 Å². The number of nitrogens with zero attached hydrogens (tertiary/aromatic N) is 1. The molecule has 24 heavy (non-hydrogen) atoms. The lowest BCUT2D eigenvalue weighted by atomic mass is 10.1. The van der Waals surface area contributed by atoms with Crippen LogP contribution in [-0.2, 0) is 0 Å². The van der Waals surface area contributed by atoms with Crippen LogP contribution in [0.1, 0.15) is 17.4 Å². The van der Waals surface area contributed by atoms with Crippen LogP contribution in [0, 0.1) is 0 Å². The van der Waals surface area contributed by atoms with Crippen molar-refractivity contribution in [3.63, 3.8) is 0 Å². The molecule has 3 N–H and O–H groups in total. The SMILES string of the molecule is C[C@@H](CN)NC(=O)c1ncoc1-c1ccc2c(c1)OCCO2.Cl.Cl. The average molecular weight is 376 g/mol. The van der Waals surface area contributed by atoms with Crippen molar-refractivity contribution in [3.05, 3.63) is 30.3 Å². The van der Waals surface area contributed by atoms with Crippen LogP contribution in [0.3, 0.4) is 0 Å². The Hall–Kier alpha value is -1.96. The van der Waals surface area contributed by atoms with Crippen LogP contribution >= 0.6 is 24.8 Å². The third-order valence-corrected chi connectivity index (χ3v) is 3.32. The van der Waals surface area contributed by atoms with Gasteiger partial charge in [-0.05, 0) is 25.1 Å². The van der Waals surface area contributed by atoms with Gasteiger partial charge in [-0.2, -0.15) is 0 Å². The van der Waals surface area contributed by atoms with Crippen LogP contribution in [0.4, 0.5) is 0 Å². The van der Waals surface area contributed by atoms with Gasteiger partial charge in [-0.15, -0.1) is 24.8 Å². The van der Waals surface area contributed by atoms with E-state index in [4.69, 9.17) is 19.6 Å². The second-order valence-electron chi connectivity index (χ2n) is 5.00. The van der Waals surface area contributed by atoms with Crippen LogP contribution in [0.25, 0.3) is 11.3 Å². The molecular weight excluding hydrogens is 357 g/mol. The zero-order chi connectivity index (χ0) is 15.5. The van der Waals surface area contributed by atoms with Gasteiger partial charge in [0.1, 0.15) is 13.2 Å². The molecule has 132 valence electrons. The molecule has 1 aliphatic rings. The van der Waals surface area contributed by atoms with E-state index in [1.54, 1.807) is 18.2 Å². The second-order valence-corrected chi connectivity index (χ2v) is 5.00. The quantitative estimate of drug-likeness (QED) is 0.847. The van der Waals surface area contributed by atoms with Gasteiger partial charge in [0.25, 0.3) is 5.91 Å². The number of carbonyl (C=O) groups is 1. The zero-order valence-electron chi connectivity index (χ0n) is 13.0. The Labute approximate surface area is 151 Å². The molecule has 0 bridgehead atoms. The largest absolute Gasteiger partial charge is 0.486 e. The highest BCUT2D eigenvalue weighted by Crippen LogP contribution is 2.35. The molecule has 3 rings (SSSR count). The fourth-order valence-corrected chi connectivity index (χ4v) is 2.15. The number of oxazole rings is 1. The van der Waals surface area contributed by atoms with Gasteiger partial charge < -0.3 is 24.9 Å². The summed E-state index contributed by atoms with van der Waals surface area (Å²) in [6.07, 6.45) is 1.24. The topological polar surface area (TPSA) is 99.6 Å². The molecule has 1 amide bonds. The van der Waals surface area contributed by atoms with E-state index in [9.17, 15) is 4.79 Å². The summed E-state index contributed by atoms with van der Waals surface area (Å²) in [5, 5.41) is 2.76. The maximum absolute atomic E-state index is 12.2. The van der Waals surface area contributed by atoms with Gasteiger partial charge in [0.2, 0.25) is 0 Å². The van der Waals surface area contributed by atoms with E-state index < -0.39 is 0 Å². The lowest BCUT2D eigenvalue weighted by molar-refractivity contribution is 0.0937. The molecule has 7 nitrogen and oxygen atoms in total. The van der Waals surface area contributed by atoms with Crippen molar-refractivity contribution < 1.29 is 18.7 Å². The molecule has 0 radical (unpaired) electrons. The minimum atomic E-state index is -0.323. The van der Waals surface area contributed by atoms with Crippen LogP contribution in [-0.4, -0.2) is 36.7 Å². The summed E-state index contributed by atoms with van der Waals surface area (Å²) < 4.78 is 16.4. The number of amides is 1. The molecule has 1 aliphatic heterocycles. The molecule has 2 aromatic rings. The lowest BCUT2D eigenvalue weighted by Gasteiger charge is -2.18. The van der Waals surface area contributed by atoms with Crippen molar-refractivity contribution in [2.75, 3.05) is 19.8 Å². The Balaban J connectivity index is 0.00000144. The molecule has 0 fully saturated rings. The Kier molecular flexibility index (Phi) is 7.34. The highest BCUT2D eigenvalue weighted by Gasteiger charge is 2.21. The number of halogens is 2. The molecule has 1 aromatic heterocycles. The summed E-state index contributed by atoms with van der Waals surface area (Å²) >= 11 is 0. The first-order valence-corrected chi connectivity index (χ1v) is 7.03. The Morgan fingerprint density at radius 1 is 1.29 bits per heavy atom. The van der Waals surface area contributed by atoms with Gasteiger partial charge in [0.05, 0.1) is 0 Å². The van der Waals surface area contributed by atoms with Gasteiger partial charge in [-0.25, -0.2) is 4.98 Å². The number of ether oxygens (including phenoxy) is 2. The fraction of sp³-hybridized carbons (Fsp3) is 0.333. The van der Waals surface area contributed by atoms with E-state index in [1.165, 1.54) is 6.39 Å². The van der Waals surface area contributed by atoms with Crippen molar-refractivity contribution >= 4 is 30.7 Å². The lowest BCUT2D eigenvalue weighted by Crippen LogP contribution is -2.38. The molecular formula is C15H19Cl2N3O4. The number of fused-ring (bicyclic) bond motifs is 1. The standard InChI is InChI=1S/C15H17N3O4.2ClH/c1-9(7-16)18-15(19)13-14(22-8-17-13)10-2-3-11-12(6-10)21-5-4-20-11;;/h2-3,6,8-9H,4-5,7,16H2,1H3,(H,18,19);2*1H/t9-;;/m0../s1. The highest BCUT2D eigenvalue weighted by molar-refractivity contribution is 5.97. The first-order valence-electron chi connectivity index (χ1n) is 7.03. The van der Waals surface area contributed by atoms with Gasteiger partial charge in [-0.3, -0.25) is 4.79 Å². The maximum Gasteiger partial charge on any atom is 0.274 e. The minimum absolute atomic E-state index is 0. The van der Waals surface area contributed by atoms with E-state index >= 15 is 0 Å². The number of nitrogens with two attached hydrogens (primary N) is 1. The molecule has 2 heterocycles. The minimum Gasteiger partial charge on any atom is -0.486 e. The normalized spacial score (nSPS) is 13.2. The average Bonchev–Trinajstić information content (AvgIpc) is 3.04. The summed E-state index contributed by atoms with van der Waals surface area (Å²) in [5.41, 5.74) is 6.43. The first kappa shape index (κ1) is 20.1. The van der Waals surface area contributed by atoms with Crippen molar-refractivity contribution in [1.82, 2.24) is 10.3 Å². The molecule has 0 saturated heterocycles. The van der Waals surface area contributed by atoms with Crippen LogP contribution in [0.2, 0.25) is 0 Å². The summed E-state index contributed by atoms with van der Waals surface area (Å²) in [6.45, 7) is 3.19. The van der Waals surface area contributed by atoms with Crippen molar-refractivity contribution in [3.8, 4) is 22.8 Å². The molecule has 1 atom stereocenters. The van der Waals surface area contributed by atoms with Crippen LogP contribution in [0.5, 0.6) is 11.5 Å². The van der Waals surface area contributed by atoms with Gasteiger partial charge in [-0.1, -0.05) is 0 Å². The molecule has 0 saturated carbocycles. The summed E-state index contributed by atoms with van der Waals surface area (Å²) in [5.74, 6) is 1.37. The Bertz CT molecular complexity index is 693. The number of benzene rings is 1. The Morgan fingerprint density at radius 3 is 2.71 bits per heavy atom. The second kappa shape index (κ2) is 8.77. The Morgan fingerprint density at radius 2 is 2.00 bits per heavy atom. The van der Waals surface area contributed by atoms with E-state index in [1.807, 2.05) is 6.92 Å². The third kappa shape index (κ3) is 4.11. The zero-order valence-corrected chi connectivity index (χ0v) is 14.6. The van der Waals surface area contributed by atoms with E-state index in [0.29, 0.717) is 42.6 Å². The predicted octanol–water partition coefficient (Wildman–Crippen LogP) is 2.03. The molecule has 9 heteroatoms. The van der Waals surface area contributed by atoms with Gasteiger partial charge >= 0.3 is 0 Å². The molecule has 1 aromatic carbocycles. The van der Waals surface area contributed by atoms with Crippen molar-refractivity contribution in [2.45, 2.75) is 13.0 Å². The van der Waals surface area contributed by atoms with Gasteiger partial charge in [0.15, 0.2) is 29.3 Å². The third-order valence-electron chi connectivity index (χ3n) is 3.32. The van der Waals surface area contributed by atoms with Crippen LogP contribution < -0.4 is 20.5 Å². The van der Waals surface area contributed by atoms with Crippen molar-refractivity contribution in [1.29, 1.82) is 0 Å². The number of rotatable bonds is 4. The van der Waals surface area contributed by atoms with E-state index in [2.05, 4.69) is 10.3 Å². The van der Waals surface area contributed by atoms with E-state index in [-0.39, 0.29) is 42.5 Å². The number of nitrogens with one attached hydrogen (secondary N) is 1. The summed E-state index contributed by atoms with van der Waals surface area (Å²) in [4.78, 5) is 16.2.